The van der Waals surface area contributed by atoms with E-state index in [1.807, 2.05) is 0 Å². The van der Waals surface area contributed by atoms with Gasteiger partial charge in [0.15, 0.2) is 0 Å². The maximum absolute atomic E-state index is 11.5. The first-order valence-electron chi connectivity index (χ1n) is 5.80. The Morgan fingerprint density at radius 3 is 2.40 bits per heavy atom. The van der Waals surface area contributed by atoms with E-state index < -0.39 is 17.7 Å². The number of methoxy groups -OCH3 is 1. The largest absolute Gasteiger partial charge is 0.508 e. The van der Waals surface area contributed by atoms with Crippen LogP contribution >= 0.6 is 0 Å². The molecule has 0 heterocycles. The van der Waals surface area contributed by atoms with Crippen LogP contribution in [0.3, 0.4) is 0 Å². The first-order valence-corrected chi connectivity index (χ1v) is 5.80. The zero-order chi connectivity index (χ0) is 14.9. The summed E-state index contributed by atoms with van der Waals surface area (Å²) in [4.78, 5) is 11.5. The van der Waals surface area contributed by atoms with Crippen LogP contribution in [-0.2, 0) is 9.53 Å². The number of rotatable bonds is 2. The Bertz CT molecular complexity index is 586. The lowest BCUT2D eigenvalue weighted by molar-refractivity contribution is -0.222. The molecule has 2 rings (SSSR count). The minimum Gasteiger partial charge on any atom is -0.508 e. The third-order valence-electron chi connectivity index (χ3n) is 3.16. The van der Waals surface area contributed by atoms with Gasteiger partial charge in [-0.3, -0.25) is 4.79 Å². The molecule has 1 aliphatic rings. The summed E-state index contributed by atoms with van der Waals surface area (Å²) < 4.78 is 4.66. The molecule has 0 bridgehead atoms. The number of ether oxygens (including phenoxy) is 1. The number of ketones is 1. The molecule has 0 aromatic heterocycles. The number of aliphatic hydroxyl groups excluding tert-OH is 2. The van der Waals surface area contributed by atoms with Gasteiger partial charge in [0.25, 0.3) is 5.79 Å². The fourth-order valence-electron chi connectivity index (χ4n) is 1.93. The van der Waals surface area contributed by atoms with Crippen LogP contribution in [0.2, 0.25) is 0 Å². The van der Waals surface area contributed by atoms with Crippen LogP contribution in [0, 0.1) is 0 Å². The van der Waals surface area contributed by atoms with Crippen molar-refractivity contribution in [3.63, 3.8) is 0 Å². The number of hydrogen-bond donors (Lipinski definition) is 4. The molecule has 6 heteroatoms. The number of carbonyl (C=O) groups is 1. The minimum atomic E-state index is -2.42. The predicted octanol–water partition coefficient (Wildman–Crippen LogP) is 0.496. The first-order chi connectivity index (χ1) is 9.40. The van der Waals surface area contributed by atoms with Crippen molar-refractivity contribution in [3.8, 4) is 5.75 Å². The van der Waals surface area contributed by atoms with E-state index in [9.17, 15) is 25.2 Å². The van der Waals surface area contributed by atoms with Gasteiger partial charge in [0.1, 0.15) is 17.6 Å². The topological polar surface area (TPSA) is 107 Å². The van der Waals surface area contributed by atoms with Crippen molar-refractivity contribution in [2.75, 3.05) is 7.11 Å². The highest BCUT2D eigenvalue weighted by atomic mass is 16.6. The molecule has 1 aromatic rings. The van der Waals surface area contributed by atoms with Crippen molar-refractivity contribution >= 4 is 11.5 Å². The fourth-order valence-corrected chi connectivity index (χ4v) is 1.93. The monoisotopic (exact) mass is 278 g/mol. The Kier molecular flexibility index (Phi) is 3.63. The third kappa shape index (κ3) is 2.20. The average Bonchev–Trinajstić information content (AvgIpc) is 2.45. The van der Waals surface area contributed by atoms with Gasteiger partial charge >= 0.3 is 0 Å². The molecule has 6 nitrogen and oxygen atoms in total. The third-order valence-corrected chi connectivity index (χ3v) is 3.16. The Labute approximate surface area is 114 Å². The van der Waals surface area contributed by atoms with Gasteiger partial charge in [-0.1, -0.05) is 0 Å². The normalized spacial score (nSPS) is 28.6. The molecule has 106 valence electrons. The second-order valence-corrected chi connectivity index (χ2v) is 4.35. The van der Waals surface area contributed by atoms with Gasteiger partial charge in [-0.2, -0.15) is 0 Å². The Hall–Kier alpha value is -2.15. The highest BCUT2D eigenvalue weighted by molar-refractivity contribution is 5.99. The van der Waals surface area contributed by atoms with Crippen LogP contribution in [0.25, 0.3) is 5.76 Å². The molecule has 1 aliphatic carbocycles. The molecule has 20 heavy (non-hydrogen) atoms. The van der Waals surface area contributed by atoms with Gasteiger partial charge in [0.05, 0.1) is 0 Å². The van der Waals surface area contributed by atoms with Crippen molar-refractivity contribution in [2.45, 2.75) is 11.9 Å². The molecule has 0 spiro atoms. The lowest BCUT2D eigenvalue weighted by Crippen LogP contribution is -2.53. The highest BCUT2D eigenvalue weighted by Crippen LogP contribution is 2.31. The molecule has 1 aromatic carbocycles. The molecule has 0 saturated heterocycles. The SMILES string of the molecule is COC1(O)C(=O)C=CC(=C(O)c2ccc(O)cc2)C1O. The summed E-state index contributed by atoms with van der Waals surface area (Å²) in [5, 5.41) is 39.3. The van der Waals surface area contributed by atoms with Crippen molar-refractivity contribution < 1.29 is 30.0 Å². The van der Waals surface area contributed by atoms with Crippen LogP contribution in [0.15, 0.2) is 42.0 Å². The first kappa shape index (κ1) is 14.3. The number of hydrogen-bond acceptors (Lipinski definition) is 6. The van der Waals surface area contributed by atoms with Crippen molar-refractivity contribution in [1.82, 2.24) is 0 Å². The lowest BCUT2D eigenvalue weighted by Gasteiger charge is -2.32. The van der Waals surface area contributed by atoms with Crippen LogP contribution < -0.4 is 0 Å². The summed E-state index contributed by atoms with van der Waals surface area (Å²) in [6.07, 6.45) is 0.504. The zero-order valence-electron chi connectivity index (χ0n) is 10.6. The minimum absolute atomic E-state index is 0.0230. The molecule has 2 atom stereocenters. The zero-order valence-corrected chi connectivity index (χ0v) is 10.6. The highest BCUT2D eigenvalue weighted by Gasteiger charge is 2.47. The fraction of sp³-hybridized carbons (Fsp3) is 0.214. The van der Waals surface area contributed by atoms with E-state index >= 15 is 0 Å². The maximum atomic E-state index is 11.5. The van der Waals surface area contributed by atoms with Crippen molar-refractivity contribution in [1.29, 1.82) is 0 Å². The van der Waals surface area contributed by atoms with E-state index in [-0.39, 0.29) is 17.1 Å². The number of phenols is 1. The van der Waals surface area contributed by atoms with E-state index in [1.165, 1.54) is 30.3 Å². The Balaban J connectivity index is 2.50. The Morgan fingerprint density at radius 1 is 1.25 bits per heavy atom. The summed E-state index contributed by atoms with van der Waals surface area (Å²) in [5.74, 6) is -3.53. The molecule has 0 amide bonds. The Morgan fingerprint density at radius 2 is 1.85 bits per heavy atom. The molecule has 0 aliphatic heterocycles. The second-order valence-electron chi connectivity index (χ2n) is 4.35. The van der Waals surface area contributed by atoms with E-state index in [1.54, 1.807) is 0 Å². The molecule has 0 saturated carbocycles. The summed E-state index contributed by atoms with van der Waals surface area (Å²) >= 11 is 0. The van der Waals surface area contributed by atoms with Gasteiger partial charge in [-0.15, -0.1) is 0 Å². The molecular formula is C14H14O6. The van der Waals surface area contributed by atoms with Crippen molar-refractivity contribution in [3.05, 3.63) is 47.6 Å². The maximum Gasteiger partial charge on any atom is 0.261 e. The number of phenolic OH excluding ortho intramolecular Hbond substituents is 1. The smallest absolute Gasteiger partial charge is 0.261 e. The lowest BCUT2D eigenvalue weighted by atomic mass is 9.89. The molecular weight excluding hydrogens is 264 g/mol. The summed E-state index contributed by atoms with van der Waals surface area (Å²) in [6, 6.07) is 5.58. The summed E-state index contributed by atoms with van der Waals surface area (Å²) in [5.41, 5.74) is 0.258. The van der Waals surface area contributed by atoms with Crippen LogP contribution in [0.4, 0.5) is 0 Å². The van der Waals surface area contributed by atoms with Gasteiger partial charge < -0.3 is 25.2 Å². The molecule has 0 radical (unpaired) electrons. The van der Waals surface area contributed by atoms with Crippen molar-refractivity contribution in [2.24, 2.45) is 0 Å². The molecule has 0 fully saturated rings. The van der Waals surface area contributed by atoms with Gasteiger partial charge in [0.2, 0.25) is 5.78 Å². The second kappa shape index (κ2) is 5.09. The average molecular weight is 278 g/mol. The van der Waals surface area contributed by atoms with Crippen LogP contribution in [0.1, 0.15) is 5.56 Å². The van der Waals surface area contributed by atoms with Gasteiger partial charge in [-0.25, -0.2) is 0 Å². The summed E-state index contributed by atoms with van der Waals surface area (Å²) in [6.45, 7) is 0. The van der Waals surface area contributed by atoms with E-state index in [2.05, 4.69) is 4.74 Å². The summed E-state index contributed by atoms with van der Waals surface area (Å²) in [7, 11) is 1.08. The van der Waals surface area contributed by atoms with E-state index in [0.717, 1.165) is 13.2 Å². The number of aromatic hydroxyl groups is 1. The number of aliphatic hydroxyl groups is 3. The van der Waals surface area contributed by atoms with Crippen LogP contribution in [-0.4, -0.2) is 45.2 Å². The van der Waals surface area contributed by atoms with E-state index in [4.69, 9.17) is 0 Å². The van der Waals surface area contributed by atoms with Gasteiger partial charge in [0, 0.05) is 18.2 Å². The predicted molar refractivity (Wildman–Crippen MR) is 69.8 cm³/mol. The number of carbonyl (C=O) groups excluding carboxylic acids is 1. The number of benzene rings is 1. The van der Waals surface area contributed by atoms with Gasteiger partial charge in [-0.05, 0) is 36.4 Å². The van der Waals surface area contributed by atoms with Crippen LogP contribution in [0.5, 0.6) is 5.75 Å². The quantitative estimate of drug-likeness (QED) is 0.463. The molecule has 4 N–H and O–H groups in total. The molecule has 2 unspecified atom stereocenters. The van der Waals surface area contributed by atoms with E-state index in [0.29, 0.717) is 5.56 Å². The standard InChI is InChI=1S/C14H14O6/c1-20-14(19)11(16)7-6-10(13(14)18)12(17)8-2-4-9(15)5-3-8/h2-7,13,15,17-19H,1H3.